The fourth-order valence-electron chi connectivity index (χ4n) is 2.46. The van der Waals surface area contributed by atoms with Gasteiger partial charge in [0.15, 0.2) is 0 Å². The van der Waals surface area contributed by atoms with E-state index < -0.39 is 6.61 Å². The average molecular weight is 291 g/mol. The molecule has 0 spiro atoms. The molecule has 0 fully saturated rings. The van der Waals surface area contributed by atoms with Crippen molar-refractivity contribution in [3.63, 3.8) is 0 Å². The van der Waals surface area contributed by atoms with Crippen LogP contribution in [0.3, 0.4) is 0 Å². The molecule has 1 aliphatic heterocycles. The van der Waals surface area contributed by atoms with Gasteiger partial charge in [0.25, 0.3) is 0 Å². The zero-order valence-electron chi connectivity index (χ0n) is 11.5. The molecular weight excluding hydrogens is 276 g/mol. The summed E-state index contributed by atoms with van der Waals surface area (Å²) in [5.41, 5.74) is 2.52. The topological polar surface area (TPSA) is 30.5 Å². The van der Waals surface area contributed by atoms with Gasteiger partial charge in [0.2, 0.25) is 0 Å². The number of hydrogen-bond donors (Lipinski definition) is 1. The monoisotopic (exact) mass is 291 g/mol. The van der Waals surface area contributed by atoms with Gasteiger partial charge in [-0.25, -0.2) is 0 Å². The second-order valence-corrected chi connectivity index (χ2v) is 4.86. The van der Waals surface area contributed by atoms with Crippen LogP contribution in [0.5, 0.6) is 11.5 Å². The highest BCUT2D eigenvalue weighted by atomic mass is 19.3. The van der Waals surface area contributed by atoms with E-state index in [9.17, 15) is 8.78 Å². The lowest BCUT2D eigenvalue weighted by molar-refractivity contribution is -0.0513. The number of fused-ring (bicyclic) bond motifs is 1. The molecule has 2 aromatic rings. The Morgan fingerprint density at radius 1 is 1.19 bits per heavy atom. The number of aryl methyl sites for hydroxylation is 1. The van der Waals surface area contributed by atoms with E-state index in [4.69, 9.17) is 4.74 Å². The third-order valence-corrected chi connectivity index (χ3v) is 3.43. The first kappa shape index (κ1) is 13.7. The maximum atomic E-state index is 12.5. The molecule has 0 saturated heterocycles. The molecule has 3 rings (SSSR count). The summed E-state index contributed by atoms with van der Waals surface area (Å²) in [7, 11) is 0. The SMILES string of the molecule is Cc1cccc2c1OC(c1ccccc1OC(F)F)CN2. The van der Waals surface area contributed by atoms with Crippen LogP contribution in [0.25, 0.3) is 0 Å². The minimum absolute atomic E-state index is 0.149. The number of anilines is 1. The van der Waals surface area contributed by atoms with Gasteiger partial charge in [0.05, 0.1) is 12.2 Å². The molecule has 0 amide bonds. The van der Waals surface area contributed by atoms with Crippen molar-refractivity contribution in [2.24, 2.45) is 0 Å². The van der Waals surface area contributed by atoms with Gasteiger partial charge < -0.3 is 14.8 Å². The normalized spacial score (nSPS) is 16.9. The first-order valence-corrected chi connectivity index (χ1v) is 6.69. The highest BCUT2D eigenvalue weighted by molar-refractivity contribution is 5.62. The first-order chi connectivity index (χ1) is 10.1. The lowest BCUT2D eigenvalue weighted by atomic mass is 10.1. The van der Waals surface area contributed by atoms with Gasteiger partial charge >= 0.3 is 6.61 Å². The van der Waals surface area contributed by atoms with Gasteiger partial charge in [0.1, 0.15) is 17.6 Å². The fourth-order valence-corrected chi connectivity index (χ4v) is 2.46. The van der Waals surface area contributed by atoms with Crippen molar-refractivity contribution in [3.8, 4) is 11.5 Å². The molecule has 1 unspecified atom stereocenters. The molecule has 1 aliphatic rings. The predicted octanol–water partition coefficient (Wildman–Crippen LogP) is 4.14. The van der Waals surface area contributed by atoms with Crippen molar-refractivity contribution < 1.29 is 18.3 Å². The second-order valence-electron chi connectivity index (χ2n) is 4.86. The zero-order valence-corrected chi connectivity index (χ0v) is 11.5. The Bertz CT molecular complexity index is 646. The lowest BCUT2D eigenvalue weighted by Crippen LogP contribution is -2.24. The Morgan fingerprint density at radius 3 is 2.81 bits per heavy atom. The molecule has 0 aliphatic carbocycles. The van der Waals surface area contributed by atoms with E-state index in [0.717, 1.165) is 17.0 Å². The van der Waals surface area contributed by atoms with Crippen LogP contribution in [0.4, 0.5) is 14.5 Å². The van der Waals surface area contributed by atoms with Crippen LogP contribution in [-0.4, -0.2) is 13.2 Å². The first-order valence-electron chi connectivity index (χ1n) is 6.69. The Kier molecular flexibility index (Phi) is 3.64. The largest absolute Gasteiger partial charge is 0.481 e. The molecule has 1 N–H and O–H groups in total. The van der Waals surface area contributed by atoms with E-state index in [1.807, 2.05) is 25.1 Å². The summed E-state index contributed by atoms with van der Waals surface area (Å²) in [6.07, 6.45) is -0.367. The van der Waals surface area contributed by atoms with Crippen molar-refractivity contribution in [1.82, 2.24) is 0 Å². The summed E-state index contributed by atoms with van der Waals surface area (Å²) in [4.78, 5) is 0. The van der Waals surface area contributed by atoms with Crippen molar-refractivity contribution in [2.75, 3.05) is 11.9 Å². The summed E-state index contributed by atoms with van der Waals surface area (Å²) >= 11 is 0. The zero-order chi connectivity index (χ0) is 14.8. The fraction of sp³-hybridized carbons (Fsp3) is 0.250. The number of alkyl halides is 2. The number of ether oxygens (including phenoxy) is 2. The summed E-state index contributed by atoms with van der Waals surface area (Å²) in [5, 5.41) is 3.26. The Hall–Kier alpha value is -2.30. The summed E-state index contributed by atoms with van der Waals surface area (Å²) in [6, 6.07) is 12.5. The number of halogens is 2. The molecule has 0 bridgehead atoms. The highest BCUT2D eigenvalue weighted by Gasteiger charge is 2.25. The van der Waals surface area contributed by atoms with Crippen molar-refractivity contribution in [2.45, 2.75) is 19.6 Å². The van der Waals surface area contributed by atoms with Crippen molar-refractivity contribution in [1.29, 1.82) is 0 Å². The molecule has 2 aromatic carbocycles. The van der Waals surface area contributed by atoms with E-state index in [0.29, 0.717) is 12.1 Å². The van der Waals surface area contributed by atoms with Crippen LogP contribution in [0.1, 0.15) is 17.2 Å². The van der Waals surface area contributed by atoms with Crippen LogP contribution >= 0.6 is 0 Å². The highest BCUT2D eigenvalue weighted by Crippen LogP contribution is 2.39. The molecule has 3 nitrogen and oxygen atoms in total. The van der Waals surface area contributed by atoms with Gasteiger partial charge in [-0.2, -0.15) is 8.78 Å². The Balaban J connectivity index is 1.91. The van der Waals surface area contributed by atoms with Crippen LogP contribution in [0, 0.1) is 6.92 Å². The molecule has 0 saturated carbocycles. The Morgan fingerprint density at radius 2 is 2.00 bits per heavy atom. The van der Waals surface area contributed by atoms with Crippen LogP contribution < -0.4 is 14.8 Å². The van der Waals surface area contributed by atoms with E-state index in [-0.39, 0.29) is 11.9 Å². The minimum atomic E-state index is -2.85. The van der Waals surface area contributed by atoms with E-state index in [1.165, 1.54) is 6.07 Å². The molecule has 5 heteroatoms. The van der Waals surface area contributed by atoms with Crippen LogP contribution in [0.15, 0.2) is 42.5 Å². The number of para-hydroxylation sites is 2. The van der Waals surface area contributed by atoms with Gasteiger partial charge in [-0.1, -0.05) is 30.3 Å². The average Bonchev–Trinajstić information content (AvgIpc) is 2.47. The summed E-state index contributed by atoms with van der Waals surface area (Å²) in [6.45, 7) is -0.401. The number of rotatable bonds is 3. The number of nitrogens with one attached hydrogen (secondary N) is 1. The predicted molar refractivity (Wildman–Crippen MR) is 76.1 cm³/mol. The molecule has 0 aromatic heterocycles. The third-order valence-electron chi connectivity index (χ3n) is 3.43. The van der Waals surface area contributed by atoms with Crippen molar-refractivity contribution >= 4 is 5.69 Å². The number of hydrogen-bond acceptors (Lipinski definition) is 3. The van der Waals surface area contributed by atoms with Gasteiger partial charge in [0, 0.05) is 5.56 Å². The van der Waals surface area contributed by atoms with E-state index in [1.54, 1.807) is 18.2 Å². The summed E-state index contributed by atoms with van der Waals surface area (Å²) in [5.74, 6) is 0.900. The maximum absolute atomic E-state index is 12.5. The molecule has 1 heterocycles. The lowest BCUT2D eigenvalue weighted by Gasteiger charge is -2.29. The minimum Gasteiger partial charge on any atom is -0.481 e. The molecule has 21 heavy (non-hydrogen) atoms. The van der Waals surface area contributed by atoms with Crippen LogP contribution in [-0.2, 0) is 0 Å². The third kappa shape index (κ3) is 2.77. The quantitative estimate of drug-likeness (QED) is 0.921. The molecule has 1 atom stereocenters. The summed E-state index contributed by atoms with van der Waals surface area (Å²) < 4.78 is 35.5. The van der Waals surface area contributed by atoms with E-state index >= 15 is 0 Å². The Labute approximate surface area is 121 Å². The molecular formula is C16H15F2NO2. The van der Waals surface area contributed by atoms with Crippen molar-refractivity contribution in [3.05, 3.63) is 53.6 Å². The maximum Gasteiger partial charge on any atom is 0.387 e. The van der Waals surface area contributed by atoms with Gasteiger partial charge in [-0.3, -0.25) is 0 Å². The standard InChI is InChI=1S/C16H15F2NO2/c1-10-5-4-7-12-15(10)20-14(9-19-12)11-6-2-3-8-13(11)21-16(17)18/h2-8,14,16,19H,9H2,1H3. The smallest absolute Gasteiger partial charge is 0.387 e. The molecule has 0 radical (unpaired) electrons. The molecule has 110 valence electrons. The van der Waals surface area contributed by atoms with E-state index in [2.05, 4.69) is 10.1 Å². The second kappa shape index (κ2) is 5.60. The van der Waals surface area contributed by atoms with Gasteiger partial charge in [-0.05, 0) is 24.6 Å². The van der Waals surface area contributed by atoms with Gasteiger partial charge in [-0.15, -0.1) is 0 Å². The van der Waals surface area contributed by atoms with Crippen LogP contribution in [0.2, 0.25) is 0 Å². The number of benzene rings is 2.